The molecule has 3 rings (SSSR count). The molecule has 0 aromatic heterocycles. The highest BCUT2D eigenvalue weighted by molar-refractivity contribution is 7.92. The Balaban J connectivity index is 1.78. The standard InChI is InChI=1S/C21H19FN2O3S/c1-2-15-7-3-5-9-19(15)24-28(26,27)17-13-11-16(12-14-17)21(25)23-20-10-6-4-8-18(20)22/h3-14,24H,2H2,1H3,(H,23,25). The fourth-order valence-corrected chi connectivity index (χ4v) is 3.78. The first-order valence-corrected chi connectivity index (χ1v) is 10.2. The third-order valence-electron chi connectivity index (χ3n) is 4.19. The lowest BCUT2D eigenvalue weighted by molar-refractivity contribution is 0.102. The molecule has 0 saturated heterocycles. The lowest BCUT2D eigenvalue weighted by Crippen LogP contribution is -2.16. The average Bonchev–Trinajstić information content (AvgIpc) is 2.70. The second kappa shape index (κ2) is 8.22. The highest BCUT2D eigenvalue weighted by Crippen LogP contribution is 2.21. The van der Waals surface area contributed by atoms with Gasteiger partial charge in [-0.25, -0.2) is 12.8 Å². The van der Waals surface area contributed by atoms with Crippen molar-refractivity contribution in [2.45, 2.75) is 18.2 Å². The topological polar surface area (TPSA) is 75.3 Å². The number of amides is 1. The molecule has 0 fully saturated rings. The fourth-order valence-electron chi connectivity index (χ4n) is 2.67. The monoisotopic (exact) mass is 398 g/mol. The number of benzene rings is 3. The van der Waals surface area contributed by atoms with Gasteiger partial charge >= 0.3 is 0 Å². The summed E-state index contributed by atoms with van der Waals surface area (Å²) in [7, 11) is -3.80. The van der Waals surface area contributed by atoms with E-state index in [1.807, 2.05) is 19.1 Å². The molecule has 0 bridgehead atoms. The van der Waals surface area contributed by atoms with Crippen molar-refractivity contribution in [2.75, 3.05) is 10.0 Å². The number of nitrogens with one attached hydrogen (secondary N) is 2. The SMILES string of the molecule is CCc1ccccc1NS(=O)(=O)c1ccc(C(=O)Nc2ccccc2F)cc1. The van der Waals surface area contributed by atoms with Crippen molar-refractivity contribution in [2.24, 2.45) is 0 Å². The summed E-state index contributed by atoms with van der Waals surface area (Å²) >= 11 is 0. The third-order valence-corrected chi connectivity index (χ3v) is 5.57. The number of rotatable bonds is 6. The lowest BCUT2D eigenvalue weighted by atomic mass is 10.1. The van der Waals surface area contributed by atoms with Crippen LogP contribution in [0.1, 0.15) is 22.8 Å². The first-order chi connectivity index (χ1) is 13.4. The number of carbonyl (C=O) groups excluding carboxylic acids is 1. The van der Waals surface area contributed by atoms with Crippen LogP contribution >= 0.6 is 0 Å². The molecule has 0 heterocycles. The van der Waals surface area contributed by atoms with E-state index in [1.54, 1.807) is 18.2 Å². The maximum atomic E-state index is 13.7. The number of anilines is 2. The molecule has 1 amide bonds. The predicted molar refractivity (Wildman–Crippen MR) is 107 cm³/mol. The van der Waals surface area contributed by atoms with Crippen LogP contribution in [0.5, 0.6) is 0 Å². The van der Waals surface area contributed by atoms with Crippen molar-refractivity contribution in [3.63, 3.8) is 0 Å². The molecule has 0 aliphatic rings. The van der Waals surface area contributed by atoms with Gasteiger partial charge in [-0.3, -0.25) is 9.52 Å². The zero-order chi connectivity index (χ0) is 20.1. The Kier molecular flexibility index (Phi) is 5.75. The van der Waals surface area contributed by atoms with Gasteiger partial charge in [-0.1, -0.05) is 37.3 Å². The van der Waals surface area contributed by atoms with Crippen molar-refractivity contribution in [3.05, 3.63) is 89.7 Å². The van der Waals surface area contributed by atoms with Gasteiger partial charge in [0.05, 0.1) is 16.3 Å². The van der Waals surface area contributed by atoms with Crippen molar-refractivity contribution < 1.29 is 17.6 Å². The highest BCUT2D eigenvalue weighted by Gasteiger charge is 2.17. The number of para-hydroxylation sites is 2. The van der Waals surface area contributed by atoms with E-state index in [2.05, 4.69) is 10.0 Å². The van der Waals surface area contributed by atoms with Crippen molar-refractivity contribution >= 4 is 27.3 Å². The molecule has 28 heavy (non-hydrogen) atoms. The van der Waals surface area contributed by atoms with E-state index in [1.165, 1.54) is 42.5 Å². The Bertz CT molecular complexity index is 1100. The van der Waals surface area contributed by atoms with Gasteiger partial charge in [-0.15, -0.1) is 0 Å². The maximum Gasteiger partial charge on any atom is 0.261 e. The van der Waals surface area contributed by atoms with Gasteiger partial charge < -0.3 is 5.32 Å². The maximum absolute atomic E-state index is 13.7. The largest absolute Gasteiger partial charge is 0.319 e. The zero-order valence-corrected chi connectivity index (χ0v) is 16.0. The van der Waals surface area contributed by atoms with Crippen LogP contribution in [-0.4, -0.2) is 14.3 Å². The van der Waals surface area contributed by atoms with Gasteiger partial charge in [0, 0.05) is 5.56 Å². The second-order valence-electron chi connectivity index (χ2n) is 6.07. The summed E-state index contributed by atoms with van der Waals surface area (Å²) < 4.78 is 41.5. The molecule has 3 aromatic rings. The molecular weight excluding hydrogens is 379 g/mol. The Morgan fingerprint density at radius 1 is 0.893 bits per heavy atom. The van der Waals surface area contributed by atoms with Gasteiger partial charge in [-0.05, 0) is 54.4 Å². The number of hydrogen-bond donors (Lipinski definition) is 2. The Labute approximate surface area is 163 Å². The van der Waals surface area contributed by atoms with Gasteiger partial charge in [0.15, 0.2) is 0 Å². The number of sulfonamides is 1. The zero-order valence-electron chi connectivity index (χ0n) is 15.1. The van der Waals surface area contributed by atoms with E-state index < -0.39 is 21.7 Å². The predicted octanol–water partition coefficient (Wildman–Crippen LogP) is 4.44. The van der Waals surface area contributed by atoms with Crippen LogP contribution in [-0.2, 0) is 16.4 Å². The molecule has 0 aliphatic heterocycles. The minimum absolute atomic E-state index is 0.0286. The molecule has 5 nitrogen and oxygen atoms in total. The van der Waals surface area contributed by atoms with Crippen molar-refractivity contribution in [1.82, 2.24) is 0 Å². The summed E-state index contributed by atoms with van der Waals surface area (Å²) in [5, 5.41) is 2.46. The summed E-state index contributed by atoms with van der Waals surface area (Å²) in [5.41, 5.74) is 1.68. The molecule has 0 saturated carbocycles. The van der Waals surface area contributed by atoms with Crippen LogP contribution in [0.25, 0.3) is 0 Å². The highest BCUT2D eigenvalue weighted by atomic mass is 32.2. The first-order valence-electron chi connectivity index (χ1n) is 8.67. The van der Waals surface area contributed by atoms with E-state index in [0.29, 0.717) is 12.1 Å². The van der Waals surface area contributed by atoms with Crippen LogP contribution in [0, 0.1) is 5.82 Å². The molecule has 0 unspecified atom stereocenters. The molecule has 144 valence electrons. The summed E-state index contributed by atoms with van der Waals surface area (Å²) in [6.45, 7) is 1.94. The van der Waals surface area contributed by atoms with E-state index in [0.717, 1.165) is 5.56 Å². The Morgan fingerprint density at radius 3 is 2.14 bits per heavy atom. The third kappa shape index (κ3) is 4.37. The van der Waals surface area contributed by atoms with Gasteiger partial charge in [0.2, 0.25) is 0 Å². The normalized spacial score (nSPS) is 11.1. The second-order valence-corrected chi connectivity index (χ2v) is 7.76. The van der Waals surface area contributed by atoms with E-state index in [4.69, 9.17) is 0 Å². The number of carbonyl (C=O) groups is 1. The summed E-state index contributed by atoms with van der Waals surface area (Å²) in [6, 6.07) is 18.4. The van der Waals surface area contributed by atoms with Crippen molar-refractivity contribution in [3.8, 4) is 0 Å². The first kappa shape index (κ1) is 19.6. The number of halogens is 1. The quantitative estimate of drug-likeness (QED) is 0.645. The summed E-state index contributed by atoms with van der Waals surface area (Å²) in [4.78, 5) is 12.3. The molecular formula is C21H19FN2O3S. The Hall–Kier alpha value is -3.19. The van der Waals surface area contributed by atoms with E-state index >= 15 is 0 Å². The summed E-state index contributed by atoms with van der Waals surface area (Å²) in [5.74, 6) is -1.08. The molecule has 0 aliphatic carbocycles. The van der Waals surface area contributed by atoms with Crippen LogP contribution in [0.3, 0.4) is 0 Å². The van der Waals surface area contributed by atoms with Gasteiger partial charge in [0.25, 0.3) is 15.9 Å². The van der Waals surface area contributed by atoms with Crippen LogP contribution in [0.2, 0.25) is 0 Å². The molecule has 0 spiro atoms. The molecule has 0 radical (unpaired) electrons. The minimum Gasteiger partial charge on any atom is -0.319 e. The number of aryl methyl sites for hydroxylation is 1. The Morgan fingerprint density at radius 2 is 1.50 bits per heavy atom. The van der Waals surface area contributed by atoms with Gasteiger partial charge in [0.1, 0.15) is 5.82 Å². The smallest absolute Gasteiger partial charge is 0.261 e. The molecule has 0 atom stereocenters. The van der Waals surface area contributed by atoms with Crippen LogP contribution in [0.15, 0.2) is 77.7 Å². The molecule has 3 aromatic carbocycles. The van der Waals surface area contributed by atoms with Crippen molar-refractivity contribution in [1.29, 1.82) is 0 Å². The lowest BCUT2D eigenvalue weighted by Gasteiger charge is -2.12. The minimum atomic E-state index is -3.80. The van der Waals surface area contributed by atoms with E-state index in [-0.39, 0.29) is 16.1 Å². The van der Waals surface area contributed by atoms with Crippen LogP contribution < -0.4 is 10.0 Å². The average molecular weight is 398 g/mol. The number of hydrogen-bond acceptors (Lipinski definition) is 3. The van der Waals surface area contributed by atoms with E-state index in [9.17, 15) is 17.6 Å². The van der Waals surface area contributed by atoms with Gasteiger partial charge in [-0.2, -0.15) is 0 Å². The fraction of sp³-hybridized carbons (Fsp3) is 0.0952. The molecule has 2 N–H and O–H groups in total. The summed E-state index contributed by atoms with van der Waals surface area (Å²) in [6.07, 6.45) is 0.688. The molecule has 7 heteroatoms. The van der Waals surface area contributed by atoms with Crippen LogP contribution in [0.4, 0.5) is 15.8 Å².